The second-order valence-corrected chi connectivity index (χ2v) is 8.08. The van der Waals surface area contributed by atoms with E-state index in [-0.39, 0.29) is 24.1 Å². The number of rotatable bonds is 6. The number of carbonyl (C=O) groups is 3. The number of pyridine rings is 1. The molecule has 9 nitrogen and oxygen atoms in total. The third-order valence-corrected chi connectivity index (χ3v) is 5.61. The van der Waals surface area contributed by atoms with Crippen molar-refractivity contribution in [2.24, 2.45) is 0 Å². The Morgan fingerprint density at radius 1 is 0.971 bits per heavy atom. The lowest BCUT2D eigenvalue weighted by Crippen LogP contribution is -2.31. The molecule has 2 N–H and O–H groups in total. The maximum Gasteiger partial charge on any atom is 0.253 e. The number of nitrogens with one attached hydrogen (secondary N) is 2. The summed E-state index contributed by atoms with van der Waals surface area (Å²) in [6.45, 7) is 1.75. The summed E-state index contributed by atoms with van der Waals surface area (Å²) >= 11 is 0. The monoisotopic (exact) mass is 454 g/mol. The Morgan fingerprint density at radius 2 is 1.71 bits per heavy atom. The molecule has 2 aromatic carbocycles. The van der Waals surface area contributed by atoms with Gasteiger partial charge in [0.15, 0.2) is 0 Å². The SMILES string of the molecule is CC(=O)Nc1ccc(NC(=O)C[C@H]2C(=O)N(Cc3cccnc3)c3nc4ccccc4n32)cc1. The van der Waals surface area contributed by atoms with Gasteiger partial charge in [0, 0.05) is 30.7 Å². The lowest BCUT2D eigenvalue weighted by molar-refractivity contribution is -0.124. The first kappa shape index (κ1) is 21.3. The highest BCUT2D eigenvalue weighted by atomic mass is 16.2. The number of para-hydroxylation sites is 2. The van der Waals surface area contributed by atoms with Gasteiger partial charge in [-0.1, -0.05) is 18.2 Å². The molecule has 1 aliphatic heterocycles. The molecule has 34 heavy (non-hydrogen) atoms. The number of fused-ring (bicyclic) bond motifs is 3. The van der Waals surface area contributed by atoms with E-state index in [1.165, 1.54) is 6.92 Å². The van der Waals surface area contributed by atoms with Crippen LogP contribution in [0.4, 0.5) is 17.3 Å². The van der Waals surface area contributed by atoms with Crippen molar-refractivity contribution in [2.45, 2.75) is 25.9 Å². The quantitative estimate of drug-likeness (QED) is 0.463. The fourth-order valence-corrected chi connectivity index (χ4v) is 4.15. The number of aromatic nitrogens is 3. The van der Waals surface area contributed by atoms with Crippen molar-refractivity contribution in [2.75, 3.05) is 15.5 Å². The Hall–Kier alpha value is -4.53. The number of amides is 3. The zero-order chi connectivity index (χ0) is 23.7. The van der Waals surface area contributed by atoms with E-state index < -0.39 is 6.04 Å². The van der Waals surface area contributed by atoms with E-state index >= 15 is 0 Å². The van der Waals surface area contributed by atoms with Gasteiger partial charge >= 0.3 is 0 Å². The Kier molecular flexibility index (Phi) is 5.51. The van der Waals surface area contributed by atoms with Gasteiger partial charge in [-0.05, 0) is 48.0 Å². The predicted octanol–water partition coefficient (Wildman–Crippen LogP) is 3.51. The molecule has 0 spiro atoms. The molecule has 0 saturated carbocycles. The maximum absolute atomic E-state index is 13.4. The summed E-state index contributed by atoms with van der Waals surface area (Å²) in [4.78, 5) is 48.0. The minimum absolute atomic E-state index is 0.0385. The van der Waals surface area contributed by atoms with Crippen LogP contribution in [0.2, 0.25) is 0 Å². The van der Waals surface area contributed by atoms with E-state index in [4.69, 9.17) is 0 Å². The minimum Gasteiger partial charge on any atom is -0.326 e. The summed E-state index contributed by atoms with van der Waals surface area (Å²) in [5.41, 5.74) is 3.65. The standard InChI is InChI=1S/C25H22N6O3/c1-16(32)27-18-8-10-19(11-9-18)28-23(33)13-22-24(34)30(15-17-5-4-12-26-14-17)25-29-20-6-2-3-7-21(20)31(22)25/h2-12,14,22H,13,15H2,1H3,(H,27,32)(H,28,33)/t22-/m0/s1. The highest BCUT2D eigenvalue weighted by Gasteiger charge is 2.40. The van der Waals surface area contributed by atoms with Crippen LogP contribution in [0.25, 0.3) is 11.0 Å². The van der Waals surface area contributed by atoms with Crippen molar-refractivity contribution in [1.29, 1.82) is 0 Å². The average Bonchev–Trinajstić information content (AvgIpc) is 3.31. The van der Waals surface area contributed by atoms with E-state index in [2.05, 4.69) is 20.6 Å². The third kappa shape index (κ3) is 4.11. The molecule has 1 aliphatic rings. The van der Waals surface area contributed by atoms with Crippen LogP contribution in [0, 0.1) is 0 Å². The fraction of sp³-hybridized carbons (Fsp3) is 0.160. The summed E-state index contributed by atoms with van der Waals surface area (Å²) in [5, 5.41) is 5.52. The fourth-order valence-electron chi connectivity index (χ4n) is 4.15. The van der Waals surface area contributed by atoms with Gasteiger partial charge in [0.1, 0.15) is 6.04 Å². The highest BCUT2D eigenvalue weighted by molar-refractivity contribution is 6.05. The largest absolute Gasteiger partial charge is 0.326 e. The summed E-state index contributed by atoms with van der Waals surface area (Å²) in [6.07, 6.45) is 3.36. The van der Waals surface area contributed by atoms with Crippen LogP contribution in [-0.4, -0.2) is 32.3 Å². The number of nitrogens with zero attached hydrogens (tertiary/aromatic N) is 4. The van der Waals surface area contributed by atoms with Crippen LogP contribution in [0.1, 0.15) is 24.9 Å². The molecule has 2 aromatic heterocycles. The second-order valence-electron chi connectivity index (χ2n) is 8.08. The van der Waals surface area contributed by atoms with Gasteiger partial charge in [0.25, 0.3) is 5.91 Å². The first-order chi connectivity index (χ1) is 16.5. The number of hydrogen-bond acceptors (Lipinski definition) is 5. The second kappa shape index (κ2) is 8.78. The number of benzene rings is 2. The van der Waals surface area contributed by atoms with E-state index in [0.717, 1.165) is 16.6 Å². The lowest BCUT2D eigenvalue weighted by atomic mass is 10.1. The summed E-state index contributed by atoms with van der Waals surface area (Å²) in [5.74, 6) is -0.130. The third-order valence-electron chi connectivity index (χ3n) is 5.61. The van der Waals surface area contributed by atoms with Crippen LogP contribution < -0.4 is 15.5 Å². The van der Waals surface area contributed by atoms with E-state index in [1.54, 1.807) is 41.6 Å². The number of anilines is 3. The molecule has 5 rings (SSSR count). The van der Waals surface area contributed by atoms with Crippen molar-refractivity contribution in [3.8, 4) is 0 Å². The van der Waals surface area contributed by atoms with Gasteiger partial charge in [-0.2, -0.15) is 0 Å². The molecule has 0 bridgehead atoms. The molecular formula is C25H22N6O3. The molecule has 1 atom stereocenters. The average molecular weight is 454 g/mol. The van der Waals surface area contributed by atoms with Gasteiger partial charge in [-0.3, -0.25) is 28.8 Å². The first-order valence-corrected chi connectivity index (χ1v) is 10.8. The number of hydrogen-bond donors (Lipinski definition) is 2. The van der Waals surface area contributed by atoms with Crippen LogP contribution in [-0.2, 0) is 20.9 Å². The van der Waals surface area contributed by atoms with Crippen LogP contribution in [0.3, 0.4) is 0 Å². The Morgan fingerprint density at radius 3 is 2.41 bits per heavy atom. The van der Waals surface area contributed by atoms with E-state index in [9.17, 15) is 14.4 Å². The van der Waals surface area contributed by atoms with Gasteiger partial charge < -0.3 is 10.6 Å². The molecule has 0 saturated heterocycles. The molecular weight excluding hydrogens is 432 g/mol. The van der Waals surface area contributed by atoms with Crippen LogP contribution in [0.15, 0.2) is 73.1 Å². The Balaban J connectivity index is 1.39. The molecule has 0 aliphatic carbocycles. The number of carbonyl (C=O) groups excluding carboxylic acids is 3. The Bertz CT molecular complexity index is 1380. The molecule has 0 radical (unpaired) electrons. The molecule has 3 amide bonds. The molecule has 3 heterocycles. The normalized spacial score (nSPS) is 14.8. The van der Waals surface area contributed by atoms with E-state index in [0.29, 0.717) is 23.9 Å². The zero-order valence-corrected chi connectivity index (χ0v) is 18.4. The maximum atomic E-state index is 13.4. The smallest absolute Gasteiger partial charge is 0.253 e. The van der Waals surface area contributed by atoms with Crippen LogP contribution in [0.5, 0.6) is 0 Å². The molecule has 9 heteroatoms. The van der Waals surface area contributed by atoms with Crippen molar-refractivity contribution >= 4 is 46.1 Å². The first-order valence-electron chi connectivity index (χ1n) is 10.8. The van der Waals surface area contributed by atoms with E-state index in [1.807, 2.05) is 41.0 Å². The van der Waals surface area contributed by atoms with Crippen molar-refractivity contribution < 1.29 is 14.4 Å². The van der Waals surface area contributed by atoms with Crippen molar-refractivity contribution in [1.82, 2.24) is 14.5 Å². The molecule has 170 valence electrons. The minimum atomic E-state index is -0.710. The molecule has 0 fully saturated rings. The van der Waals surface area contributed by atoms with Crippen molar-refractivity contribution in [3.63, 3.8) is 0 Å². The zero-order valence-electron chi connectivity index (χ0n) is 18.4. The lowest BCUT2D eigenvalue weighted by Gasteiger charge is -2.16. The highest BCUT2D eigenvalue weighted by Crippen LogP contribution is 2.37. The Labute approximate surface area is 195 Å². The van der Waals surface area contributed by atoms with Crippen molar-refractivity contribution in [3.05, 3.63) is 78.6 Å². The topological polar surface area (TPSA) is 109 Å². The van der Waals surface area contributed by atoms with Gasteiger partial charge in [0.05, 0.1) is 24.0 Å². The van der Waals surface area contributed by atoms with Gasteiger partial charge in [0.2, 0.25) is 17.8 Å². The summed E-state index contributed by atoms with van der Waals surface area (Å²) < 4.78 is 1.84. The molecule has 0 unspecified atom stereocenters. The number of imidazole rings is 1. The van der Waals surface area contributed by atoms with Gasteiger partial charge in [-0.15, -0.1) is 0 Å². The van der Waals surface area contributed by atoms with Gasteiger partial charge in [-0.25, -0.2) is 4.98 Å². The van der Waals surface area contributed by atoms with Crippen LogP contribution >= 0.6 is 0 Å². The molecule has 4 aromatic rings. The predicted molar refractivity (Wildman–Crippen MR) is 128 cm³/mol. The summed E-state index contributed by atoms with van der Waals surface area (Å²) in [6, 6.07) is 17.4. The summed E-state index contributed by atoms with van der Waals surface area (Å²) in [7, 11) is 0.